The van der Waals surface area contributed by atoms with E-state index in [-0.39, 0.29) is 11.9 Å². The molecule has 0 saturated carbocycles. The van der Waals surface area contributed by atoms with E-state index in [1.54, 1.807) is 34.3 Å². The number of amides is 1. The van der Waals surface area contributed by atoms with Crippen molar-refractivity contribution in [3.8, 4) is 0 Å². The molecule has 2 aliphatic rings. The SMILES string of the molecule is CC(=O)N1c2ccc(S(=O)(=O)N3CCN(c4cccc[nH+]4)CC3)cc2C[C@H]1C. The summed E-state index contributed by atoms with van der Waals surface area (Å²) in [5.41, 5.74) is 1.74. The molecule has 1 saturated heterocycles. The summed E-state index contributed by atoms with van der Waals surface area (Å²) in [4.78, 5) is 19.3. The van der Waals surface area contributed by atoms with E-state index in [0.29, 0.717) is 37.5 Å². The molecular weight excluding hydrogens is 376 g/mol. The highest BCUT2D eigenvalue weighted by atomic mass is 32.2. The number of rotatable bonds is 3. The molecule has 28 heavy (non-hydrogen) atoms. The predicted molar refractivity (Wildman–Crippen MR) is 107 cm³/mol. The van der Waals surface area contributed by atoms with Crippen molar-refractivity contribution in [2.24, 2.45) is 0 Å². The molecule has 3 heterocycles. The second-order valence-electron chi connectivity index (χ2n) is 7.37. The van der Waals surface area contributed by atoms with Crippen molar-refractivity contribution in [1.82, 2.24) is 4.31 Å². The summed E-state index contributed by atoms with van der Waals surface area (Å²) in [5.74, 6) is 0.978. The van der Waals surface area contributed by atoms with Crippen molar-refractivity contribution in [2.75, 3.05) is 36.0 Å². The van der Waals surface area contributed by atoms with Gasteiger partial charge in [0.15, 0.2) is 0 Å². The fourth-order valence-electron chi connectivity index (χ4n) is 4.15. The van der Waals surface area contributed by atoms with Crippen LogP contribution >= 0.6 is 0 Å². The maximum Gasteiger partial charge on any atom is 0.274 e. The highest BCUT2D eigenvalue weighted by Crippen LogP contribution is 2.34. The summed E-state index contributed by atoms with van der Waals surface area (Å²) < 4.78 is 27.8. The van der Waals surface area contributed by atoms with Gasteiger partial charge in [-0.15, -0.1) is 0 Å². The lowest BCUT2D eigenvalue weighted by atomic mass is 10.1. The first-order valence-electron chi connectivity index (χ1n) is 9.52. The van der Waals surface area contributed by atoms with E-state index in [2.05, 4.69) is 9.88 Å². The Kier molecular flexibility index (Phi) is 4.84. The summed E-state index contributed by atoms with van der Waals surface area (Å²) in [6.07, 6.45) is 2.55. The molecule has 7 nitrogen and oxygen atoms in total. The quantitative estimate of drug-likeness (QED) is 0.777. The number of pyridine rings is 1. The number of hydrogen-bond donors (Lipinski definition) is 0. The molecule has 1 N–H and O–H groups in total. The van der Waals surface area contributed by atoms with Gasteiger partial charge in [-0.2, -0.15) is 4.31 Å². The number of nitrogens with one attached hydrogen (secondary N) is 1. The largest absolute Gasteiger partial charge is 0.309 e. The van der Waals surface area contributed by atoms with Crippen molar-refractivity contribution >= 4 is 27.4 Å². The zero-order valence-corrected chi connectivity index (χ0v) is 16.9. The maximum atomic E-state index is 13.1. The van der Waals surface area contributed by atoms with Gasteiger partial charge in [-0.3, -0.25) is 9.69 Å². The molecule has 0 spiro atoms. The Morgan fingerprint density at radius 2 is 1.86 bits per heavy atom. The van der Waals surface area contributed by atoms with E-state index in [1.807, 2.05) is 31.3 Å². The molecule has 2 aromatic rings. The third-order valence-electron chi connectivity index (χ3n) is 5.52. The van der Waals surface area contributed by atoms with Gasteiger partial charge in [0.25, 0.3) is 5.82 Å². The third-order valence-corrected chi connectivity index (χ3v) is 7.41. The number of anilines is 2. The van der Waals surface area contributed by atoms with E-state index < -0.39 is 10.0 Å². The van der Waals surface area contributed by atoms with Crippen LogP contribution in [-0.4, -0.2) is 50.9 Å². The van der Waals surface area contributed by atoms with E-state index in [9.17, 15) is 13.2 Å². The fourth-order valence-corrected chi connectivity index (χ4v) is 5.62. The number of carbonyl (C=O) groups is 1. The second kappa shape index (κ2) is 7.18. The minimum Gasteiger partial charge on any atom is -0.309 e. The maximum absolute atomic E-state index is 13.1. The summed E-state index contributed by atoms with van der Waals surface area (Å²) >= 11 is 0. The average molecular weight is 402 g/mol. The average Bonchev–Trinajstić information content (AvgIpc) is 3.04. The zero-order chi connectivity index (χ0) is 19.9. The third kappa shape index (κ3) is 3.27. The molecule has 0 aliphatic carbocycles. The lowest BCUT2D eigenvalue weighted by molar-refractivity contribution is -0.364. The van der Waals surface area contributed by atoms with E-state index >= 15 is 0 Å². The monoisotopic (exact) mass is 401 g/mol. The topological polar surface area (TPSA) is 75.1 Å². The summed E-state index contributed by atoms with van der Waals surface area (Å²) in [7, 11) is -3.55. The van der Waals surface area contributed by atoms with Crippen molar-refractivity contribution in [3.05, 3.63) is 48.2 Å². The molecule has 4 rings (SSSR count). The van der Waals surface area contributed by atoms with Gasteiger partial charge in [0.05, 0.1) is 37.3 Å². The number of hydrogen-bond acceptors (Lipinski definition) is 4. The predicted octanol–water partition coefficient (Wildman–Crippen LogP) is 1.31. The lowest BCUT2D eigenvalue weighted by Gasteiger charge is -2.30. The Bertz CT molecular complexity index is 986. The highest BCUT2D eigenvalue weighted by molar-refractivity contribution is 7.89. The number of aromatic amines is 1. The van der Waals surface area contributed by atoms with Gasteiger partial charge >= 0.3 is 0 Å². The van der Waals surface area contributed by atoms with Crippen molar-refractivity contribution in [1.29, 1.82) is 0 Å². The number of nitrogens with zero attached hydrogens (tertiary/aromatic N) is 3. The smallest absolute Gasteiger partial charge is 0.274 e. The van der Waals surface area contributed by atoms with E-state index in [4.69, 9.17) is 0 Å². The van der Waals surface area contributed by atoms with Gasteiger partial charge in [-0.05, 0) is 43.2 Å². The summed E-state index contributed by atoms with van der Waals surface area (Å²) in [6, 6.07) is 11.1. The minimum absolute atomic E-state index is 0.0179. The molecule has 148 valence electrons. The molecular formula is C20H25N4O3S+. The van der Waals surface area contributed by atoms with Crippen LogP contribution in [0.3, 0.4) is 0 Å². The van der Waals surface area contributed by atoms with Crippen molar-refractivity contribution in [2.45, 2.75) is 31.2 Å². The van der Waals surface area contributed by atoms with Crippen LogP contribution in [0.2, 0.25) is 0 Å². The van der Waals surface area contributed by atoms with Gasteiger partial charge in [-0.1, -0.05) is 6.07 Å². The van der Waals surface area contributed by atoms with Crippen molar-refractivity contribution in [3.63, 3.8) is 0 Å². The fraction of sp³-hybridized carbons (Fsp3) is 0.400. The number of aromatic nitrogens is 1. The van der Waals surface area contributed by atoms with Crippen LogP contribution in [0.4, 0.5) is 11.5 Å². The van der Waals surface area contributed by atoms with Crippen molar-refractivity contribution < 1.29 is 18.2 Å². The Balaban J connectivity index is 1.52. The van der Waals surface area contributed by atoms with Gasteiger partial charge in [0.2, 0.25) is 15.9 Å². The number of piperazine rings is 1. The Labute approximate surface area is 165 Å². The number of H-pyrrole nitrogens is 1. The van der Waals surface area contributed by atoms with Crippen LogP contribution in [-0.2, 0) is 21.2 Å². The first-order valence-corrected chi connectivity index (χ1v) is 11.0. The standard InChI is InChI=1S/C20H24N4O3S/c1-15-13-17-14-18(6-7-19(17)24(15)16(2)25)28(26,27)23-11-9-22(10-12-23)20-5-3-4-8-21-20/h3-8,14-15H,9-13H2,1-2H3/p+1/t15-/m1/s1. The normalized spacial score (nSPS) is 20.3. The van der Waals surface area contributed by atoms with Crippen LogP contribution in [0.25, 0.3) is 0 Å². The Morgan fingerprint density at radius 3 is 2.50 bits per heavy atom. The number of carbonyl (C=O) groups excluding carboxylic acids is 1. The van der Waals surface area contributed by atoms with E-state index in [1.165, 1.54) is 0 Å². The number of sulfonamides is 1. The van der Waals surface area contributed by atoms with E-state index in [0.717, 1.165) is 17.1 Å². The Morgan fingerprint density at radius 1 is 1.11 bits per heavy atom. The second-order valence-corrected chi connectivity index (χ2v) is 9.31. The van der Waals surface area contributed by atoms with Crippen LogP contribution in [0, 0.1) is 0 Å². The number of benzene rings is 1. The molecule has 1 amide bonds. The Hall–Kier alpha value is -2.45. The van der Waals surface area contributed by atoms with Gasteiger partial charge < -0.3 is 4.90 Å². The molecule has 1 fully saturated rings. The van der Waals surface area contributed by atoms with Gasteiger partial charge in [0, 0.05) is 24.7 Å². The molecule has 8 heteroatoms. The zero-order valence-electron chi connectivity index (χ0n) is 16.1. The van der Waals surface area contributed by atoms with Crippen LogP contribution in [0.15, 0.2) is 47.5 Å². The molecule has 0 bridgehead atoms. The van der Waals surface area contributed by atoms with Crippen LogP contribution < -0.4 is 14.8 Å². The molecule has 2 aliphatic heterocycles. The molecule has 0 unspecified atom stereocenters. The van der Waals surface area contributed by atoms with Gasteiger partial charge in [-0.25, -0.2) is 13.4 Å². The first-order chi connectivity index (χ1) is 13.4. The van der Waals surface area contributed by atoms with Gasteiger partial charge in [0.1, 0.15) is 0 Å². The molecule has 0 radical (unpaired) electrons. The minimum atomic E-state index is -3.55. The first kappa shape index (κ1) is 18.9. The molecule has 1 atom stereocenters. The van der Waals surface area contributed by atoms with Crippen LogP contribution in [0.1, 0.15) is 19.4 Å². The number of fused-ring (bicyclic) bond motifs is 1. The molecule has 1 aromatic carbocycles. The van der Waals surface area contributed by atoms with Crippen LogP contribution in [0.5, 0.6) is 0 Å². The lowest BCUT2D eigenvalue weighted by Crippen LogP contribution is -2.49. The molecule has 1 aromatic heterocycles. The summed E-state index contributed by atoms with van der Waals surface area (Å²) in [6.45, 7) is 5.69. The highest BCUT2D eigenvalue weighted by Gasteiger charge is 2.34. The summed E-state index contributed by atoms with van der Waals surface area (Å²) in [5, 5.41) is 0.